The van der Waals surface area contributed by atoms with Crippen LogP contribution in [0.2, 0.25) is 0 Å². The number of hydrogen-bond donors (Lipinski definition) is 1. The maximum absolute atomic E-state index is 5.49. The number of fused-ring (bicyclic) bond motifs is 1. The Kier molecular flexibility index (Phi) is 4.57. The molecule has 1 aliphatic heterocycles. The van der Waals surface area contributed by atoms with Gasteiger partial charge in [-0.05, 0) is 36.4 Å². The molecule has 0 bridgehead atoms. The van der Waals surface area contributed by atoms with E-state index in [1.54, 1.807) is 7.11 Å². The highest BCUT2D eigenvalue weighted by Crippen LogP contribution is 2.44. The van der Waals surface area contributed by atoms with Crippen molar-refractivity contribution < 1.29 is 4.74 Å². The lowest BCUT2D eigenvalue weighted by Crippen LogP contribution is -2.29. The van der Waals surface area contributed by atoms with E-state index in [0.29, 0.717) is 11.3 Å². The van der Waals surface area contributed by atoms with Crippen LogP contribution < -0.4 is 10.1 Å². The zero-order chi connectivity index (χ0) is 14.8. The van der Waals surface area contributed by atoms with Crippen molar-refractivity contribution in [3.8, 4) is 5.75 Å². The molecule has 0 saturated carbocycles. The topological polar surface area (TPSA) is 21.3 Å². The fourth-order valence-electron chi connectivity index (χ4n) is 2.92. The standard InChI is InChI=1S/C17H21NOS2/c1-11-10-15(14-8-9-20-17(14)21-11)18-12(2)13-6-4-5-7-16(13)19-3/h4-9,11-12,15,18H,10H2,1-3H3/t11-,12+,15?/m0/s1. The van der Waals surface area contributed by atoms with Crippen molar-refractivity contribution >= 4 is 23.1 Å². The van der Waals surface area contributed by atoms with Crippen LogP contribution in [-0.4, -0.2) is 12.4 Å². The predicted molar refractivity (Wildman–Crippen MR) is 91.5 cm³/mol. The van der Waals surface area contributed by atoms with E-state index in [1.807, 2.05) is 35.2 Å². The average Bonchev–Trinajstić information content (AvgIpc) is 2.95. The molecular weight excluding hydrogens is 298 g/mol. The van der Waals surface area contributed by atoms with Gasteiger partial charge >= 0.3 is 0 Å². The number of thioether (sulfide) groups is 1. The summed E-state index contributed by atoms with van der Waals surface area (Å²) < 4.78 is 6.96. The predicted octanol–water partition coefficient (Wildman–Crippen LogP) is 5.03. The van der Waals surface area contributed by atoms with Gasteiger partial charge in [0.15, 0.2) is 0 Å². The summed E-state index contributed by atoms with van der Waals surface area (Å²) in [4.78, 5) is 0. The number of thiophene rings is 1. The van der Waals surface area contributed by atoms with Gasteiger partial charge < -0.3 is 10.1 Å². The van der Waals surface area contributed by atoms with Crippen LogP contribution in [0.25, 0.3) is 0 Å². The van der Waals surface area contributed by atoms with Gasteiger partial charge in [0.2, 0.25) is 0 Å². The molecule has 2 aromatic rings. The van der Waals surface area contributed by atoms with Gasteiger partial charge in [0.25, 0.3) is 0 Å². The van der Waals surface area contributed by atoms with Crippen LogP contribution in [0.3, 0.4) is 0 Å². The first-order valence-corrected chi connectivity index (χ1v) is 9.08. The molecule has 2 nitrogen and oxygen atoms in total. The van der Waals surface area contributed by atoms with Crippen LogP contribution in [0.1, 0.15) is 43.5 Å². The summed E-state index contributed by atoms with van der Waals surface area (Å²) in [5.41, 5.74) is 2.69. The number of benzene rings is 1. The molecule has 112 valence electrons. The molecule has 2 heterocycles. The van der Waals surface area contributed by atoms with Gasteiger partial charge in [-0.3, -0.25) is 0 Å². The fraction of sp³-hybridized carbons (Fsp3) is 0.412. The van der Waals surface area contributed by atoms with Crippen LogP contribution in [0.15, 0.2) is 39.9 Å². The summed E-state index contributed by atoms with van der Waals surface area (Å²) in [7, 11) is 1.74. The molecule has 0 spiro atoms. The van der Waals surface area contributed by atoms with Crippen LogP contribution in [0.4, 0.5) is 0 Å². The van der Waals surface area contributed by atoms with Gasteiger partial charge in [0, 0.05) is 22.9 Å². The molecular formula is C17H21NOS2. The van der Waals surface area contributed by atoms with Crippen molar-refractivity contribution in [3.63, 3.8) is 0 Å². The molecule has 1 aromatic carbocycles. The van der Waals surface area contributed by atoms with Gasteiger partial charge in [-0.2, -0.15) is 0 Å². The van der Waals surface area contributed by atoms with E-state index in [-0.39, 0.29) is 6.04 Å². The lowest BCUT2D eigenvalue weighted by Gasteiger charge is -2.30. The number of hydrogen-bond acceptors (Lipinski definition) is 4. The van der Waals surface area contributed by atoms with Crippen LogP contribution in [0, 0.1) is 0 Å². The smallest absolute Gasteiger partial charge is 0.123 e. The Morgan fingerprint density at radius 2 is 2.10 bits per heavy atom. The van der Waals surface area contributed by atoms with E-state index < -0.39 is 0 Å². The molecule has 4 heteroatoms. The maximum atomic E-state index is 5.49. The first-order chi connectivity index (χ1) is 10.2. The number of ether oxygens (including phenoxy) is 1. The van der Waals surface area contributed by atoms with Gasteiger partial charge in [-0.1, -0.05) is 25.1 Å². The van der Waals surface area contributed by atoms with Gasteiger partial charge in [-0.25, -0.2) is 0 Å². The highest BCUT2D eigenvalue weighted by molar-refractivity contribution is 8.01. The maximum Gasteiger partial charge on any atom is 0.123 e. The van der Waals surface area contributed by atoms with Gasteiger partial charge in [0.1, 0.15) is 5.75 Å². The number of rotatable bonds is 4. The minimum Gasteiger partial charge on any atom is -0.496 e. The van der Waals surface area contributed by atoms with E-state index in [4.69, 9.17) is 4.74 Å². The second kappa shape index (κ2) is 6.42. The third kappa shape index (κ3) is 3.12. The Bertz CT molecular complexity index is 610. The van der Waals surface area contributed by atoms with E-state index in [2.05, 4.69) is 42.7 Å². The molecule has 3 atom stereocenters. The number of nitrogens with one attached hydrogen (secondary N) is 1. The Labute approximate surface area is 134 Å². The average molecular weight is 319 g/mol. The summed E-state index contributed by atoms with van der Waals surface area (Å²) in [5.74, 6) is 0.960. The van der Waals surface area contributed by atoms with Crippen molar-refractivity contribution in [3.05, 3.63) is 46.8 Å². The number of para-hydroxylation sites is 1. The molecule has 21 heavy (non-hydrogen) atoms. The minimum absolute atomic E-state index is 0.272. The lowest BCUT2D eigenvalue weighted by atomic mass is 10.0. The SMILES string of the molecule is COc1ccccc1[C@@H](C)NC1C[C@H](C)Sc2sccc21. The monoisotopic (exact) mass is 319 g/mol. The van der Waals surface area contributed by atoms with E-state index in [1.165, 1.54) is 21.8 Å². The van der Waals surface area contributed by atoms with E-state index in [0.717, 1.165) is 5.75 Å². The fourth-order valence-corrected chi connectivity index (χ4v) is 5.49. The zero-order valence-electron chi connectivity index (χ0n) is 12.6. The summed E-state index contributed by atoms with van der Waals surface area (Å²) in [5, 5.41) is 6.67. The molecule has 1 aromatic heterocycles. The van der Waals surface area contributed by atoms with Crippen LogP contribution >= 0.6 is 23.1 Å². The van der Waals surface area contributed by atoms with E-state index in [9.17, 15) is 0 Å². The van der Waals surface area contributed by atoms with Crippen molar-refractivity contribution in [1.82, 2.24) is 5.32 Å². The normalized spacial score (nSPS) is 22.6. The highest BCUT2D eigenvalue weighted by Gasteiger charge is 2.27. The largest absolute Gasteiger partial charge is 0.496 e. The molecule has 0 radical (unpaired) electrons. The van der Waals surface area contributed by atoms with Gasteiger partial charge in [-0.15, -0.1) is 23.1 Å². The first kappa shape index (κ1) is 14.9. The second-order valence-electron chi connectivity index (χ2n) is 5.51. The Morgan fingerprint density at radius 1 is 1.29 bits per heavy atom. The first-order valence-electron chi connectivity index (χ1n) is 7.32. The summed E-state index contributed by atoms with van der Waals surface area (Å²) in [6.07, 6.45) is 1.17. The third-order valence-corrected chi connectivity index (χ3v) is 6.31. The Morgan fingerprint density at radius 3 is 2.90 bits per heavy atom. The zero-order valence-corrected chi connectivity index (χ0v) is 14.3. The molecule has 3 rings (SSSR count). The Hall–Kier alpha value is -0.970. The van der Waals surface area contributed by atoms with Crippen molar-refractivity contribution in [1.29, 1.82) is 0 Å². The number of methoxy groups -OCH3 is 1. The molecule has 1 N–H and O–H groups in total. The van der Waals surface area contributed by atoms with Crippen LogP contribution in [-0.2, 0) is 0 Å². The Balaban J connectivity index is 1.81. The molecule has 1 aliphatic rings. The van der Waals surface area contributed by atoms with Crippen molar-refractivity contribution in [2.45, 2.75) is 41.8 Å². The van der Waals surface area contributed by atoms with Crippen LogP contribution in [0.5, 0.6) is 5.75 Å². The third-order valence-electron chi connectivity index (χ3n) is 3.97. The molecule has 1 unspecified atom stereocenters. The van der Waals surface area contributed by atoms with Gasteiger partial charge in [0.05, 0.1) is 11.3 Å². The van der Waals surface area contributed by atoms with E-state index >= 15 is 0 Å². The lowest BCUT2D eigenvalue weighted by molar-refractivity contribution is 0.388. The van der Waals surface area contributed by atoms with Crippen molar-refractivity contribution in [2.75, 3.05) is 7.11 Å². The molecule has 0 fully saturated rings. The summed E-state index contributed by atoms with van der Waals surface area (Å²) >= 11 is 3.87. The quantitative estimate of drug-likeness (QED) is 0.853. The summed E-state index contributed by atoms with van der Waals surface area (Å²) in [6, 6.07) is 11.2. The molecule has 0 saturated heterocycles. The molecule has 0 aliphatic carbocycles. The second-order valence-corrected chi connectivity index (χ2v) is 8.13. The summed E-state index contributed by atoms with van der Waals surface area (Å²) in [6.45, 7) is 4.53. The molecule has 0 amide bonds. The minimum atomic E-state index is 0.272. The van der Waals surface area contributed by atoms with Crippen molar-refractivity contribution in [2.24, 2.45) is 0 Å². The highest BCUT2D eigenvalue weighted by atomic mass is 32.2.